The maximum atomic E-state index is 5.98. The molecule has 8 rings (SSSR count). The molecule has 6 aromatic rings. The number of aryl methyl sites for hydroxylation is 12. The van der Waals surface area contributed by atoms with Crippen LogP contribution in [0.15, 0.2) is 84.9 Å². The van der Waals surface area contributed by atoms with Crippen molar-refractivity contribution >= 4 is 105 Å². The van der Waals surface area contributed by atoms with Gasteiger partial charge in [-0.3, -0.25) is 0 Å². The Balaban J connectivity index is 0.000000292. The van der Waals surface area contributed by atoms with Crippen LogP contribution in [0, 0.1) is 96.4 Å². The number of ether oxygens (including phenoxy) is 2. The molecule has 8 nitrogen and oxygen atoms in total. The monoisotopic (exact) mass is 1620 g/mol. The van der Waals surface area contributed by atoms with Gasteiger partial charge >= 0.3 is 239 Å². The van der Waals surface area contributed by atoms with Gasteiger partial charge in [0.05, 0.1) is 0 Å². The van der Waals surface area contributed by atoms with Crippen LogP contribution in [-0.2, 0) is 27.0 Å². The number of rotatable bonds is 12. The van der Waals surface area contributed by atoms with Crippen molar-refractivity contribution in [3.63, 3.8) is 0 Å². The quantitative estimate of drug-likeness (QED) is 0.0397. The Morgan fingerprint density at radius 2 is 0.726 bits per heavy atom. The van der Waals surface area contributed by atoms with Crippen LogP contribution in [0.2, 0.25) is 0 Å². The molecule has 2 saturated heterocycles. The summed E-state index contributed by atoms with van der Waals surface area (Å²) in [4.78, 5) is 13.6. The Bertz CT molecular complexity index is 2860. The average molecular weight is 1630 g/mol. The number of anilines is 5. The number of hydrogen-bond acceptors (Lipinski definition) is 7. The van der Waals surface area contributed by atoms with Crippen molar-refractivity contribution in [1.82, 2.24) is 4.48 Å². The number of quaternary nitrogens is 1. The van der Waals surface area contributed by atoms with E-state index >= 15 is 0 Å². The number of hydrogen-bond donors (Lipinski definition) is 0. The van der Waals surface area contributed by atoms with Crippen LogP contribution < -0.4 is 62.4 Å². The van der Waals surface area contributed by atoms with E-state index in [-0.39, 0.29) is 36.2 Å². The molecule has 0 unspecified atom stereocenters. The maximum Gasteiger partial charge on any atom is 0.0146 e. The molecule has 0 amide bonds. The normalized spacial score (nSPS) is 13.1. The van der Waals surface area contributed by atoms with E-state index in [9.17, 15) is 0 Å². The molecule has 84 heavy (non-hydrogen) atoms. The van der Waals surface area contributed by atoms with E-state index in [0.29, 0.717) is 0 Å². The van der Waals surface area contributed by atoms with Gasteiger partial charge in [0.25, 0.3) is 0 Å². The third-order valence-electron chi connectivity index (χ3n) is 13.8. The van der Waals surface area contributed by atoms with Crippen molar-refractivity contribution in [2.75, 3.05) is 90.8 Å². The summed E-state index contributed by atoms with van der Waals surface area (Å²) in [6, 6.07) is 30.4. The maximum absolute atomic E-state index is 5.98. The molecular formula is C68H94Cl4I2N6O2Ru2-2. The van der Waals surface area contributed by atoms with Crippen LogP contribution in [0.5, 0.6) is 11.5 Å². The summed E-state index contributed by atoms with van der Waals surface area (Å²) < 4.78 is 16.1. The van der Waals surface area contributed by atoms with E-state index in [0.717, 1.165) is 59.0 Å². The fourth-order valence-corrected chi connectivity index (χ4v) is 14.6. The summed E-state index contributed by atoms with van der Waals surface area (Å²) in [7, 11) is 34.2. The van der Waals surface area contributed by atoms with E-state index in [1.54, 1.807) is 0 Å². The molecule has 2 heterocycles. The zero-order chi connectivity index (χ0) is 62.4. The Labute approximate surface area is 565 Å². The summed E-state index contributed by atoms with van der Waals surface area (Å²) in [6.07, 6.45) is 0.275. The van der Waals surface area contributed by atoms with Crippen molar-refractivity contribution in [2.24, 2.45) is 0 Å². The van der Waals surface area contributed by atoms with Crippen molar-refractivity contribution in [1.29, 1.82) is 0 Å². The van der Waals surface area contributed by atoms with Gasteiger partial charge in [-0.25, -0.2) is 0 Å². The SMILES string of the molecule is CC(C)Oc1ccc(N(C)C)cc1[CH]=[Ru]([Cl])[Cl].CC(C)Oc1ccc([N+](C)(C)C)cc1[CH]=[Ru]([Cl])[Cl].CI.Cc1cc(C)c(N2[CH-]N(c3c(C)cc(C)cc3C)CC2)c(C)c1.Cc1cc(C)c(N2[CH-]N(c3c(C)cc(C)cc3C)CC2)c(C)c1.[I-]. The van der Waals surface area contributed by atoms with E-state index < -0.39 is 27.0 Å². The number of alkyl halides is 1. The Hall–Kier alpha value is -2.51. The first-order valence-electron chi connectivity index (χ1n) is 28.1. The molecule has 468 valence electrons. The van der Waals surface area contributed by atoms with Gasteiger partial charge in [-0.2, -0.15) is 13.3 Å². The molecule has 0 saturated carbocycles. The summed E-state index contributed by atoms with van der Waals surface area (Å²) in [5.74, 6) is 1.69. The molecule has 2 aliphatic heterocycles. The van der Waals surface area contributed by atoms with Crippen LogP contribution in [0.25, 0.3) is 0 Å². The molecule has 0 N–H and O–H groups in total. The molecule has 0 aromatic heterocycles. The minimum absolute atomic E-state index is 0. The summed E-state index contributed by atoms with van der Waals surface area (Å²) in [6.45, 7) is 43.2. The smallest absolute Gasteiger partial charge is 0.0146 e. The average Bonchev–Trinajstić information content (AvgIpc) is 3.93. The third-order valence-corrected chi connectivity index (χ3v) is 17.5. The predicted molar refractivity (Wildman–Crippen MR) is 373 cm³/mol. The Morgan fingerprint density at radius 3 is 0.964 bits per heavy atom. The molecule has 0 bridgehead atoms. The van der Waals surface area contributed by atoms with Gasteiger partial charge in [0.1, 0.15) is 0 Å². The number of benzene rings is 6. The summed E-state index contributed by atoms with van der Waals surface area (Å²) in [5, 5.41) is 0. The van der Waals surface area contributed by atoms with Gasteiger partial charge in [-0.15, -0.1) is 0 Å². The molecule has 0 aliphatic carbocycles. The summed E-state index contributed by atoms with van der Waals surface area (Å²) >= 11 is -1.55. The molecule has 2 fully saturated rings. The summed E-state index contributed by atoms with van der Waals surface area (Å²) in [5.41, 5.74) is 26.0. The molecule has 6 aromatic carbocycles. The second kappa shape index (κ2) is 35.0. The second-order valence-electron chi connectivity index (χ2n) is 23.3. The minimum atomic E-state index is -1.85. The molecule has 0 spiro atoms. The first kappa shape index (κ1) is 75.7. The first-order chi connectivity index (χ1) is 38.8. The fourth-order valence-electron chi connectivity index (χ4n) is 11.0. The van der Waals surface area contributed by atoms with Crippen LogP contribution >= 0.6 is 61.4 Å². The van der Waals surface area contributed by atoms with Crippen molar-refractivity contribution in [3.8, 4) is 11.5 Å². The first-order valence-corrected chi connectivity index (χ1v) is 41.2. The molecule has 16 heteroatoms. The van der Waals surface area contributed by atoms with Crippen molar-refractivity contribution < 1.29 is 60.5 Å². The van der Waals surface area contributed by atoms with E-state index in [1.807, 2.05) is 85.1 Å². The fraction of sp³-hybridized carbons (Fsp3) is 0.412. The van der Waals surface area contributed by atoms with Gasteiger partial charge in [0.15, 0.2) is 0 Å². The Morgan fingerprint density at radius 1 is 0.464 bits per heavy atom. The van der Waals surface area contributed by atoms with E-state index in [4.69, 9.17) is 48.2 Å². The zero-order valence-electron chi connectivity index (χ0n) is 53.9. The van der Waals surface area contributed by atoms with Crippen LogP contribution in [-0.4, -0.2) is 87.8 Å². The van der Waals surface area contributed by atoms with E-state index in [2.05, 4.69) is 220 Å². The number of nitrogens with zero attached hydrogens (tertiary/aromatic N) is 6. The van der Waals surface area contributed by atoms with E-state index in [1.165, 1.54) is 95.2 Å². The van der Waals surface area contributed by atoms with Crippen molar-refractivity contribution in [3.05, 3.63) is 176 Å². The van der Waals surface area contributed by atoms with Gasteiger partial charge in [0, 0.05) is 48.9 Å². The van der Waals surface area contributed by atoms with Gasteiger partial charge in [-0.1, -0.05) is 93.4 Å². The standard InChI is InChI=1S/2C21H27N2.C13H20NO.C12H17NO.CH3I.4ClH.HI.2Ru/c2*1-14-9-16(3)20(17(4)10-14)22-7-8-23(13-22)21-18(5)11-15(2)12-19(21)6;1-10(2)15-13-8-7-12(9-11(13)3)14(4,5)6;1-9(2)14-12-7-6-11(13(4)5)8-10(12)3;1-2;;;;;;;/h2*9-13H,7-8H2,1-6H3;3,7-10H,1-2,4-6H3;3,6-9H,1-2,4-5H3;1H3;5*1H;;/q2*-1;+1;;;;;;;;2*+2/p-5. The number of halogens is 6. The molecule has 2 aliphatic rings. The predicted octanol–water partition coefficient (Wildman–Crippen LogP) is 15.4. The topological polar surface area (TPSA) is 34.7 Å². The van der Waals surface area contributed by atoms with Crippen LogP contribution in [0.1, 0.15) is 106 Å². The zero-order valence-corrected chi connectivity index (χ0v) is 64.7. The second-order valence-corrected chi connectivity index (χ2v) is 34.7. The van der Waals surface area contributed by atoms with Gasteiger partial charge in [0.2, 0.25) is 0 Å². The molecule has 0 radical (unpaired) electrons. The van der Waals surface area contributed by atoms with Crippen LogP contribution in [0.4, 0.5) is 34.1 Å². The Kier molecular flexibility index (Phi) is 31.6. The van der Waals surface area contributed by atoms with Gasteiger partial charge < -0.3 is 43.6 Å². The van der Waals surface area contributed by atoms with Gasteiger partial charge in [-0.05, 0) is 133 Å². The molecular weight excluding hydrogens is 1530 g/mol. The molecule has 0 atom stereocenters. The third kappa shape index (κ3) is 22.5. The van der Waals surface area contributed by atoms with Crippen molar-refractivity contribution in [2.45, 2.75) is 123 Å². The van der Waals surface area contributed by atoms with Crippen LogP contribution in [0.3, 0.4) is 0 Å². The largest absolute Gasteiger partial charge is 1.00 e. The minimum Gasteiger partial charge on any atom is -1.00 e.